The summed E-state index contributed by atoms with van der Waals surface area (Å²) in [5.74, 6) is -0.474. The summed E-state index contributed by atoms with van der Waals surface area (Å²) >= 11 is 0. The maximum atomic E-state index is 14.2. The molecule has 0 aliphatic carbocycles. The Kier molecular flexibility index (Phi) is 6.86. The van der Waals surface area contributed by atoms with Gasteiger partial charge in [-0.15, -0.1) is 0 Å². The normalized spacial score (nSPS) is 12.5. The molecule has 3 aromatic heterocycles. The molecule has 0 saturated heterocycles. The average molecular weight is 517 g/mol. The van der Waals surface area contributed by atoms with Crippen LogP contribution in [0.2, 0.25) is 0 Å². The summed E-state index contributed by atoms with van der Waals surface area (Å²) in [6.45, 7) is 6.49. The van der Waals surface area contributed by atoms with E-state index in [1.165, 1.54) is 29.0 Å². The molecule has 5 rings (SSSR count). The number of aryl methyl sites for hydroxylation is 1. The molecule has 0 radical (unpaired) electrons. The molecule has 0 fully saturated rings. The molecule has 38 heavy (non-hydrogen) atoms. The first-order chi connectivity index (χ1) is 18.3. The number of amides is 1. The average Bonchev–Trinajstić information content (AvgIpc) is 3.53. The predicted molar refractivity (Wildman–Crippen MR) is 142 cm³/mol. The summed E-state index contributed by atoms with van der Waals surface area (Å²) in [5, 5.41) is 0.395. The molecular formula is C29H29FN4O4. The highest BCUT2D eigenvalue weighted by Gasteiger charge is 2.33. The van der Waals surface area contributed by atoms with Crippen LogP contribution in [0.3, 0.4) is 0 Å². The molecule has 1 amide bonds. The van der Waals surface area contributed by atoms with Crippen LogP contribution in [0.15, 0.2) is 74.7 Å². The van der Waals surface area contributed by atoms with Crippen molar-refractivity contribution in [2.75, 3.05) is 13.1 Å². The zero-order chi connectivity index (χ0) is 27.0. The standard InChI is InChI=1S/C29H29FN4O4/c1-17(2)25(33(12-11-31)28(35)20-6-4-18(3)5-7-20)27-32-24-22-14-21(30)8-9-23(22)38-26(24)29(36)34(27)15-19-10-13-37-16-19/h4-10,13-14,16-17,25H,11-12,15,31H2,1-3H3/t25-/m1/s1. The molecule has 3 heterocycles. The molecule has 2 aromatic carbocycles. The Hall–Kier alpha value is -4.24. The van der Waals surface area contributed by atoms with Gasteiger partial charge >= 0.3 is 0 Å². The summed E-state index contributed by atoms with van der Waals surface area (Å²) in [5.41, 5.74) is 8.47. The zero-order valence-electron chi connectivity index (χ0n) is 21.5. The molecule has 0 spiro atoms. The quantitative estimate of drug-likeness (QED) is 0.310. The number of nitrogens with two attached hydrogens (primary N) is 1. The lowest BCUT2D eigenvalue weighted by Gasteiger charge is -2.35. The van der Waals surface area contributed by atoms with E-state index in [0.717, 1.165) is 11.1 Å². The molecule has 2 N–H and O–H groups in total. The Morgan fingerprint density at radius 1 is 1.16 bits per heavy atom. The summed E-state index contributed by atoms with van der Waals surface area (Å²) in [4.78, 5) is 34.3. The lowest BCUT2D eigenvalue weighted by atomic mass is 9.99. The van der Waals surface area contributed by atoms with E-state index in [-0.39, 0.29) is 42.6 Å². The van der Waals surface area contributed by atoms with Crippen molar-refractivity contribution in [3.8, 4) is 0 Å². The molecule has 0 saturated carbocycles. The van der Waals surface area contributed by atoms with Gasteiger partial charge in [-0.3, -0.25) is 14.2 Å². The van der Waals surface area contributed by atoms with E-state index in [1.54, 1.807) is 29.4 Å². The summed E-state index contributed by atoms with van der Waals surface area (Å²) in [7, 11) is 0. The number of aromatic nitrogens is 2. The first kappa shape index (κ1) is 25.4. The van der Waals surface area contributed by atoms with Crippen LogP contribution in [0, 0.1) is 18.7 Å². The highest BCUT2D eigenvalue weighted by molar-refractivity contribution is 6.02. The van der Waals surface area contributed by atoms with Crippen LogP contribution < -0.4 is 11.3 Å². The molecule has 8 nitrogen and oxygen atoms in total. The van der Waals surface area contributed by atoms with E-state index < -0.39 is 17.4 Å². The van der Waals surface area contributed by atoms with Crippen LogP contribution in [0.5, 0.6) is 0 Å². The van der Waals surface area contributed by atoms with E-state index >= 15 is 0 Å². The smallest absolute Gasteiger partial charge is 0.297 e. The minimum atomic E-state index is -0.616. The Morgan fingerprint density at radius 2 is 1.92 bits per heavy atom. The molecule has 1 atom stereocenters. The van der Waals surface area contributed by atoms with E-state index in [0.29, 0.717) is 22.4 Å². The van der Waals surface area contributed by atoms with Gasteiger partial charge < -0.3 is 19.5 Å². The second-order valence-corrected chi connectivity index (χ2v) is 9.76. The fourth-order valence-corrected chi connectivity index (χ4v) is 4.82. The molecular weight excluding hydrogens is 487 g/mol. The van der Waals surface area contributed by atoms with Crippen molar-refractivity contribution >= 4 is 28.0 Å². The Morgan fingerprint density at radius 3 is 2.58 bits per heavy atom. The van der Waals surface area contributed by atoms with Crippen LogP contribution >= 0.6 is 0 Å². The Balaban J connectivity index is 1.76. The van der Waals surface area contributed by atoms with E-state index in [9.17, 15) is 14.0 Å². The van der Waals surface area contributed by atoms with Crippen molar-refractivity contribution in [2.45, 2.75) is 33.4 Å². The molecule has 9 heteroatoms. The van der Waals surface area contributed by atoms with Gasteiger partial charge in [-0.05, 0) is 49.2 Å². The van der Waals surface area contributed by atoms with Crippen LogP contribution in [-0.2, 0) is 6.54 Å². The molecule has 0 aliphatic heterocycles. The number of benzene rings is 2. The summed E-state index contributed by atoms with van der Waals surface area (Å²) in [6.07, 6.45) is 3.07. The first-order valence-corrected chi connectivity index (χ1v) is 12.5. The van der Waals surface area contributed by atoms with Gasteiger partial charge in [0.15, 0.2) is 0 Å². The number of nitrogens with zero attached hydrogens (tertiary/aromatic N) is 3. The molecule has 0 bridgehead atoms. The summed E-state index contributed by atoms with van der Waals surface area (Å²) in [6, 6.07) is 12.5. The van der Waals surface area contributed by atoms with E-state index in [2.05, 4.69) is 0 Å². The van der Waals surface area contributed by atoms with Crippen molar-refractivity contribution < 1.29 is 18.0 Å². The zero-order valence-corrected chi connectivity index (χ0v) is 21.5. The van der Waals surface area contributed by atoms with Crippen molar-refractivity contribution in [2.24, 2.45) is 11.7 Å². The van der Waals surface area contributed by atoms with Gasteiger partial charge in [0, 0.05) is 29.6 Å². The van der Waals surface area contributed by atoms with Crippen LogP contribution in [-0.4, -0.2) is 33.4 Å². The monoisotopic (exact) mass is 516 g/mol. The number of halogens is 1. The number of hydrogen-bond donors (Lipinski definition) is 1. The number of hydrogen-bond acceptors (Lipinski definition) is 6. The van der Waals surface area contributed by atoms with Crippen molar-refractivity contribution in [3.05, 3.63) is 99.7 Å². The van der Waals surface area contributed by atoms with Crippen molar-refractivity contribution in [1.82, 2.24) is 14.5 Å². The third-order valence-corrected chi connectivity index (χ3v) is 6.65. The van der Waals surface area contributed by atoms with Gasteiger partial charge in [0.1, 0.15) is 22.7 Å². The van der Waals surface area contributed by atoms with Gasteiger partial charge in [0.25, 0.3) is 11.5 Å². The predicted octanol–water partition coefficient (Wildman–Crippen LogP) is 5.03. The van der Waals surface area contributed by atoms with Crippen molar-refractivity contribution in [3.63, 3.8) is 0 Å². The largest absolute Gasteiger partial charge is 0.472 e. The molecule has 0 unspecified atom stereocenters. The fourth-order valence-electron chi connectivity index (χ4n) is 4.82. The first-order valence-electron chi connectivity index (χ1n) is 12.5. The van der Waals surface area contributed by atoms with E-state index in [1.807, 2.05) is 32.9 Å². The minimum absolute atomic E-state index is 0.0237. The van der Waals surface area contributed by atoms with E-state index in [4.69, 9.17) is 19.6 Å². The molecule has 5 aromatic rings. The number of fused-ring (bicyclic) bond motifs is 3. The summed E-state index contributed by atoms with van der Waals surface area (Å²) < 4.78 is 26.8. The second-order valence-electron chi connectivity index (χ2n) is 9.76. The van der Waals surface area contributed by atoms with Gasteiger partial charge in [0.2, 0.25) is 5.58 Å². The maximum absolute atomic E-state index is 14.2. The van der Waals surface area contributed by atoms with Gasteiger partial charge in [-0.25, -0.2) is 9.37 Å². The number of carbonyl (C=O) groups excluding carboxylic acids is 1. The lowest BCUT2D eigenvalue weighted by molar-refractivity contribution is 0.0612. The minimum Gasteiger partial charge on any atom is -0.472 e. The number of carbonyl (C=O) groups is 1. The maximum Gasteiger partial charge on any atom is 0.297 e. The Labute approximate surface area is 218 Å². The van der Waals surface area contributed by atoms with Crippen LogP contribution in [0.4, 0.5) is 4.39 Å². The number of rotatable bonds is 8. The van der Waals surface area contributed by atoms with Gasteiger partial charge in [-0.1, -0.05) is 31.5 Å². The van der Waals surface area contributed by atoms with Crippen molar-refractivity contribution in [1.29, 1.82) is 0 Å². The lowest BCUT2D eigenvalue weighted by Crippen LogP contribution is -2.43. The number of furan rings is 2. The van der Waals surface area contributed by atoms with Gasteiger partial charge in [-0.2, -0.15) is 0 Å². The molecule has 196 valence electrons. The second kappa shape index (κ2) is 10.3. The fraction of sp³-hybridized carbons (Fsp3) is 0.276. The topological polar surface area (TPSA) is 108 Å². The molecule has 0 aliphatic rings. The highest BCUT2D eigenvalue weighted by Crippen LogP contribution is 2.32. The third kappa shape index (κ3) is 4.61. The van der Waals surface area contributed by atoms with Crippen LogP contribution in [0.1, 0.15) is 47.2 Å². The van der Waals surface area contributed by atoms with Crippen LogP contribution in [0.25, 0.3) is 22.1 Å². The third-order valence-electron chi connectivity index (χ3n) is 6.65. The SMILES string of the molecule is Cc1ccc(C(=O)N(CCN)[C@@H](c2nc3c(oc4ccc(F)cc43)c(=O)n2Cc2ccoc2)C(C)C)cc1. The van der Waals surface area contributed by atoms with Gasteiger partial charge in [0.05, 0.1) is 25.1 Å². The highest BCUT2D eigenvalue weighted by atomic mass is 19.1. The Bertz CT molecular complexity index is 1650.